The zero-order valence-electron chi connectivity index (χ0n) is 29.6. The van der Waals surface area contributed by atoms with Crippen molar-refractivity contribution in [1.82, 2.24) is 14.1 Å². The molecule has 3 heteroatoms. The van der Waals surface area contributed by atoms with Crippen LogP contribution in [-0.4, -0.2) is 14.1 Å². The molecule has 0 saturated heterocycles. The Morgan fingerprint density at radius 2 is 0.981 bits per heavy atom. The minimum Gasteiger partial charge on any atom is -0.309 e. The normalized spacial score (nSPS) is 13.2. The van der Waals surface area contributed by atoms with Crippen LogP contribution in [0.25, 0.3) is 88.5 Å². The van der Waals surface area contributed by atoms with Gasteiger partial charge in [0.2, 0.25) is 0 Å². The number of hydrogen-bond acceptors (Lipinski definition) is 1. The lowest BCUT2D eigenvalue weighted by atomic mass is 9.74. The molecule has 0 fully saturated rings. The average molecular weight is 678 g/mol. The second-order valence-corrected chi connectivity index (χ2v) is 14.8. The number of benzene rings is 7. The first kappa shape index (κ1) is 30.0. The second kappa shape index (κ2) is 11.1. The molecule has 0 N–H and O–H groups in total. The maximum atomic E-state index is 4.97. The SMILES string of the molecule is CC1(C)c2ccccc2-n2c3cccnc3c3cc(-c4ccc5c(c4)c4cc(-c6ccccc6)ccc4n5-c4ccc(-c5ccccc5)cc4)cc1c32. The van der Waals surface area contributed by atoms with Gasteiger partial charge in [-0.25, -0.2) is 0 Å². The summed E-state index contributed by atoms with van der Waals surface area (Å²) in [7, 11) is 0. The molecule has 1 aliphatic heterocycles. The van der Waals surface area contributed by atoms with E-state index in [0.717, 1.165) is 16.7 Å². The van der Waals surface area contributed by atoms with Crippen molar-refractivity contribution in [2.45, 2.75) is 19.3 Å². The monoisotopic (exact) mass is 677 g/mol. The molecule has 0 bridgehead atoms. The topological polar surface area (TPSA) is 22.8 Å². The second-order valence-electron chi connectivity index (χ2n) is 14.8. The van der Waals surface area contributed by atoms with E-state index in [1.807, 2.05) is 6.20 Å². The van der Waals surface area contributed by atoms with Gasteiger partial charge in [-0.15, -0.1) is 0 Å². The standard InChI is InChI=1S/C50H35N3/c1-50(2)42-16-9-10-17-46(42)53-47-18-11-27-51-48(47)41-30-37(31-43(50)49(41)53)36-22-26-45-40(29-36)39-28-35(33-14-7-4-8-15-33)21-25-44(39)52(45)38-23-19-34(20-24-38)32-12-5-3-6-13-32/h3-31H,1-2H3. The Hall–Kier alpha value is -6.71. The van der Waals surface area contributed by atoms with E-state index in [-0.39, 0.29) is 5.41 Å². The Balaban J connectivity index is 1.15. The van der Waals surface area contributed by atoms with Crippen LogP contribution >= 0.6 is 0 Å². The number of nitrogens with zero attached hydrogens (tertiary/aromatic N) is 3. The molecule has 1 aliphatic rings. The van der Waals surface area contributed by atoms with Gasteiger partial charge in [-0.3, -0.25) is 4.98 Å². The van der Waals surface area contributed by atoms with Gasteiger partial charge in [-0.05, 0) is 111 Å². The molecule has 250 valence electrons. The van der Waals surface area contributed by atoms with E-state index < -0.39 is 0 Å². The molecule has 0 spiro atoms. The van der Waals surface area contributed by atoms with E-state index in [9.17, 15) is 0 Å². The third-order valence-corrected chi connectivity index (χ3v) is 11.5. The predicted molar refractivity (Wildman–Crippen MR) is 221 cm³/mol. The first-order valence-electron chi connectivity index (χ1n) is 18.4. The van der Waals surface area contributed by atoms with Crippen LogP contribution < -0.4 is 0 Å². The molecule has 4 heterocycles. The summed E-state index contributed by atoms with van der Waals surface area (Å²) in [6, 6.07) is 62.1. The summed E-state index contributed by atoms with van der Waals surface area (Å²) in [6.45, 7) is 4.73. The van der Waals surface area contributed by atoms with Crippen molar-refractivity contribution < 1.29 is 0 Å². The molecule has 0 amide bonds. The molecule has 0 atom stereocenters. The lowest BCUT2D eigenvalue weighted by molar-refractivity contribution is 0.630. The Kier molecular flexibility index (Phi) is 6.30. The number of pyridine rings is 1. The fourth-order valence-corrected chi connectivity index (χ4v) is 8.92. The van der Waals surface area contributed by atoms with Crippen molar-refractivity contribution in [3.63, 3.8) is 0 Å². The van der Waals surface area contributed by atoms with E-state index in [2.05, 4.69) is 193 Å². The Labute approximate surface area is 308 Å². The van der Waals surface area contributed by atoms with Crippen molar-refractivity contribution in [3.05, 3.63) is 187 Å². The number of aromatic nitrogens is 3. The molecule has 7 aromatic carbocycles. The summed E-state index contributed by atoms with van der Waals surface area (Å²) >= 11 is 0. The van der Waals surface area contributed by atoms with Crippen LogP contribution in [0.5, 0.6) is 0 Å². The molecule has 10 aromatic rings. The highest BCUT2D eigenvalue weighted by Gasteiger charge is 2.35. The summed E-state index contributed by atoms with van der Waals surface area (Å²) in [5.41, 5.74) is 18.0. The molecule has 0 unspecified atom stereocenters. The van der Waals surface area contributed by atoms with E-state index in [0.29, 0.717) is 0 Å². The van der Waals surface area contributed by atoms with Crippen LogP contribution in [0.4, 0.5) is 0 Å². The highest BCUT2D eigenvalue weighted by molar-refractivity contribution is 6.13. The van der Waals surface area contributed by atoms with Gasteiger partial charge in [0.1, 0.15) is 0 Å². The first-order chi connectivity index (χ1) is 26.0. The molecule has 11 rings (SSSR count). The van der Waals surface area contributed by atoms with Crippen molar-refractivity contribution in [3.8, 4) is 44.8 Å². The van der Waals surface area contributed by atoms with Gasteiger partial charge in [0.05, 0.1) is 33.3 Å². The van der Waals surface area contributed by atoms with Crippen molar-refractivity contribution in [1.29, 1.82) is 0 Å². The van der Waals surface area contributed by atoms with E-state index in [1.165, 1.54) is 82.9 Å². The number of hydrogen-bond donors (Lipinski definition) is 0. The molecular formula is C50H35N3. The highest BCUT2D eigenvalue weighted by atomic mass is 15.0. The Morgan fingerprint density at radius 1 is 0.415 bits per heavy atom. The van der Waals surface area contributed by atoms with E-state index in [4.69, 9.17) is 4.98 Å². The van der Waals surface area contributed by atoms with Gasteiger partial charge in [0.25, 0.3) is 0 Å². The van der Waals surface area contributed by atoms with Gasteiger partial charge in [0, 0.05) is 33.5 Å². The molecule has 0 aliphatic carbocycles. The zero-order valence-corrected chi connectivity index (χ0v) is 29.6. The van der Waals surface area contributed by atoms with Gasteiger partial charge in [-0.2, -0.15) is 0 Å². The molecule has 0 radical (unpaired) electrons. The lowest BCUT2D eigenvalue weighted by Crippen LogP contribution is -2.26. The minimum absolute atomic E-state index is 0.189. The fourth-order valence-electron chi connectivity index (χ4n) is 8.92. The summed E-state index contributed by atoms with van der Waals surface area (Å²) in [5.74, 6) is 0. The fraction of sp³-hybridized carbons (Fsp3) is 0.0600. The van der Waals surface area contributed by atoms with Crippen molar-refractivity contribution in [2.75, 3.05) is 0 Å². The molecular weight excluding hydrogens is 643 g/mol. The van der Waals surface area contributed by atoms with Gasteiger partial charge >= 0.3 is 0 Å². The van der Waals surface area contributed by atoms with Crippen LogP contribution in [0.2, 0.25) is 0 Å². The number of fused-ring (bicyclic) bond motifs is 8. The van der Waals surface area contributed by atoms with Gasteiger partial charge in [-0.1, -0.05) is 117 Å². The Bertz CT molecular complexity index is 3050. The van der Waals surface area contributed by atoms with Gasteiger partial charge in [0.15, 0.2) is 0 Å². The van der Waals surface area contributed by atoms with Crippen molar-refractivity contribution >= 4 is 43.7 Å². The average Bonchev–Trinajstić information content (AvgIpc) is 3.73. The quantitative estimate of drug-likeness (QED) is 0.182. The van der Waals surface area contributed by atoms with Crippen LogP contribution in [0, 0.1) is 0 Å². The third kappa shape index (κ3) is 4.37. The summed E-state index contributed by atoms with van der Waals surface area (Å²) in [6.07, 6.45) is 1.92. The van der Waals surface area contributed by atoms with Crippen molar-refractivity contribution in [2.24, 2.45) is 0 Å². The van der Waals surface area contributed by atoms with E-state index >= 15 is 0 Å². The molecule has 53 heavy (non-hydrogen) atoms. The minimum atomic E-state index is -0.189. The van der Waals surface area contributed by atoms with Crippen LogP contribution in [0.3, 0.4) is 0 Å². The first-order valence-corrected chi connectivity index (χ1v) is 18.4. The maximum Gasteiger partial charge on any atom is 0.0963 e. The predicted octanol–water partition coefficient (Wildman–Crippen LogP) is 12.9. The molecule has 3 aromatic heterocycles. The largest absolute Gasteiger partial charge is 0.309 e. The Morgan fingerprint density at radius 3 is 1.68 bits per heavy atom. The molecule has 0 saturated carbocycles. The zero-order chi connectivity index (χ0) is 35.3. The van der Waals surface area contributed by atoms with Gasteiger partial charge < -0.3 is 9.13 Å². The lowest BCUT2D eigenvalue weighted by Gasteiger charge is -2.35. The van der Waals surface area contributed by atoms with E-state index in [1.54, 1.807) is 0 Å². The summed E-state index contributed by atoms with van der Waals surface area (Å²) < 4.78 is 4.85. The van der Waals surface area contributed by atoms with Crippen LogP contribution in [0.15, 0.2) is 176 Å². The maximum absolute atomic E-state index is 4.97. The third-order valence-electron chi connectivity index (χ3n) is 11.5. The van der Waals surface area contributed by atoms with Crippen LogP contribution in [0.1, 0.15) is 25.0 Å². The summed E-state index contributed by atoms with van der Waals surface area (Å²) in [4.78, 5) is 4.97. The number of rotatable bonds is 4. The van der Waals surface area contributed by atoms with Crippen LogP contribution in [-0.2, 0) is 5.41 Å². The smallest absolute Gasteiger partial charge is 0.0963 e. The number of para-hydroxylation sites is 1. The highest BCUT2D eigenvalue weighted by Crippen LogP contribution is 2.49. The summed E-state index contributed by atoms with van der Waals surface area (Å²) in [5, 5.41) is 3.68. The molecule has 3 nitrogen and oxygen atoms in total.